The molecular formula is C12H9N3O3. The molecule has 0 aromatic carbocycles. The highest BCUT2D eigenvalue weighted by molar-refractivity contribution is 6.09. The fourth-order valence-electron chi connectivity index (χ4n) is 1.27. The number of nitrogens with zero attached hydrogens (tertiary/aromatic N) is 2. The SMILES string of the molecule is Cc1cc(NC(=O)/C(C#N)=C\c2ccco2)no1. The molecule has 0 fully saturated rings. The van der Waals surface area contributed by atoms with Crippen LogP contribution in [0, 0.1) is 18.3 Å². The maximum absolute atomic E-state index is 11.8. The molecule has 0 radical (unpaired) electrons. The zero-order valence-corrected chi connectivity index (χ0v) is 9.51. The number of hydrogen-bond acceptors (Lipinski definition) is 5. The first kappa shape index (κ1) is 11.7. The van der Waals surface area contributed by atoms with Crippen LogP contribution >= 0.6 is 0 Å². The Morgan fingerprint density at radius 2 is 2.44 bits per heavy atom. The fraction of sp³-hybridized carbons (Fsp3) is 0.0833. The van der Waals surface area contributed by atoms with Crippen molar-refractivity contribution >= 4 is 17.8 Å². The van der Waals surface area contributed by atoms with Crippen LogP contribution in [0.2, 0.25) is 0 Å². The summed E-state index contributed by atoms with van der Waals surface area (Å²) in [5.74, 6) is 0.692. The standard InChI is InChI=1S/C12H9N3O3/c1-8-5-11(15-18-8)14-12(16)9(7-13)6-10-3-2-4-17-10/h2-6H,1H3,(H,14,15,16)/b9-6-. The summed E-state index contributed by atoms with van der Waals surface area (Å²) in [6.45, 7) is 1.70. The van der Waals surface area contributed by atoms with Crippen molar-refractivity contribution in [3.63, 3.8) is 0 Å². The van der Waals surface area contributed by atoms with Crippen LogP contribution in [0.5, 0.6) is 0 Å². The Bertz CT molecular complexity index is 617. The van der Waals surface area contributed by atoms with E-state index in [4.69, 9.17) is 14.2 Å². The van der Waals surface area contributed by atoms with E-state index in [9.17, 15) is 4.79 Å². The molecule has 0 aliphatic rings. The first-order chi connectivity index (χ1) is 8.69. The summed E-state index contributed by atoms with van der Waals surface area (Å²) < 4.78 is 9.83. The molecule has 2 aromatic heterocycles. The molecule has 0 unspecified atom stereocenters. The number of carbonyl (C=O) groups excluding carboxylic acids is 1. The predicted molar refractivity (Wildman–Crippen MR) is 62.2 cm³/mol. The third-order valence-electron chi connectivity index (χ3n) is 2.06. The second-order valence-corrected chi connectivity index (χ2v) is 3.46. The lowest BCUT2D eigenvalue weighted by atomic mass is 10.2. The molecule has 1 N–H and O–H groups in total. The van der Waals surface area contributed by atoms with Gasteiger partial charge in [0.1, 0.15) is 23.2 Å². The van der Waals surface area contributed by atoms with E-state index in [1.807, 2.05) is 0 Å². The number of furan rings is 1. The second kappa shape index (κ2) is 5.01. The molecule has 0 saturated heterocycles. The van der Waals surface area contributed by atoms with E-state index in [0.29, 0.717) is 11.5 Å². The maximum atomic E-state index is 11.8. The van der Waals surface area contributed by atoms with Gasteiger partial charge in [0, 0.05) is 12.1 Å². The van der Waals surface area contributed by atoms with Crippen LogP contribution in [0.15, 0.2) is 39.0 Å². The molecule has 2 heterocycles. The minimum atomic E-state index is -0.567. The molecule has 0 spiro atoms. The highest BCUT2D eigenvalue weighted by atomic mass is 16.5. The summed E-state index contributed by atoms with van der Waals surface area (Å²) in [4.78, 5) is 11.8. The van der Waals surface area contributed by atoms with Gasteiger partial charge < -0.3 is 14.3 Å². The van der Waals surface area contributed by atoms with E-state index < -0.39 is 5.91 Å². The van der Waals surface area contributed by atoms with Gasteiger partial charge in [0.15, 0.2) is 5.82 Å². The van der Waals surface area contributed by atoms with E-state index in [0.717, 1.165) is 0 Å². The predicted octanol–water partition coefficient (Wildman–Crippen LogP) is 2.12. The molecule has 0 aliphatic carbocycles. The Hall–Kier alpha value is -2.81. The molecule has 0 saturated carbocycles. The van der Waals surface area contributed by atoms with E-state index in [1.165, 1.54) is 12.3 Å². The lowest BCUT2D eigenvalue weighted by Crippen LogP contribution is -2.13. The fourth-order valence-corrected chi connectivity index (χ4v) is 1.27. The number of aryl methyl sites for hydroxylation is 1. The minimum absolute atomic E-state index is 0.0781. The van der Waals surface area contributed by atoms with Gasteiger partial charge in [-0.25, -0.2) is 0 Å². The van der Waals surface area contributed by atoms with Crippen molar-refractivity contribution in [2.24, 2.45) is 0 Å². The number of aromatic nitrogens is 1. The Kier molecular flexibility index (Phi) is 3.25. The average molecular weight is 243 g/mol. The smallest absolute Gasteiger partial charge is 0.267 e. The third-order valence-corrected chi connectivity index (χ3v) is 2.06. The van der Waals surface area contributed by atoms with Gasteiger partial charge in [0.2, 0.25) is 0 Å². The summed E-state index contributed by atoms with van der Waals surface area (Å²) in [5.41, 5.74) is -0.0781. The molecule has 1 amide bonds. The van der Waals surface area contributed by atoms with Gasteiger partial charge in [-0.3, -0.25) is 4.79 Å². The number of amides is 1. The van der Waals surface area contributed by atoms with E-state index in [2.05, 4.69) is 10.5 Å². The molecule has 2 rings (SSSR count). The van der Waals surface area contributed by atoms with Crippen LogP contribution in [0.4, 0.5) is 5.82 Å². The number of nitrogens with one attached hydrogen (secondary N) is 1. The lowest BCUT2D eigenvalue weighted by molar-refractivity contribution is -0.112. The highest BCUT2D eigenvalue weighted by Crippen LogP contribution is 2.11. The Balaban J connectivity index is 2.14. The second-order valence-electron chi connectivity index (χ2n) is 3.46. The van der Waals surface area contributed by atoms with Crippen LogP contribution in [-0.2, 0) is 4.79 Å². The van der Waals surface area contributed by atoms with E-state index in [-0.39, 0.29) is 11.4 Å². The molecule has 2 aromatic rings. The van der Waals surface area contributed by atoms with Gasteiger partial charge in [0.25, 0.3) is 5.91 Å². The first-order valence-electron chi connectivity index (χ1n) is 5.09. The van der Waals surface area contributed by atoms with Crippen molar-refractivity contribution in [1.82, 2.24) is 5.16 Å². The van der Waals surface area contributed by atoms with Crippen molar-refractivity contribution in [2.75, 3.05) is 5.32 Å². The van der Waals surface area contributed by atoms with Crippen LogP contribution in [0.25, 0.3) is 6.08 Å². The lowest BCUT2D eigenvalue weighted by Gasteiger charge is -1.98. The molecule has 18 heavy (non-hydrogen) atoms. The largest absolute Gasteiger partial charge is 0.465 e. The van der Waals surface area contributed by atoms with Crippen LogP contribution in [0.1, 0.15) is 11.5 Å². The van der Waals surface area contributed by atoms with E-state index in [1.54, 1.807) is 31.2 Å². The summed E-state index contributed by atoms with van der Waals surface area (Å²) in [6.07, 6.45) is 2.81. The highest BCUT2D eigenvalue weighted by Gasteiger charge is 2.12. The van der Waals surface area contributed by atoms with Gasteiger partial charge in [-0.15, -0.1) is 0 Å². The van der Waals surface area contributed by atoms with Gasteiger partial charge in [-0.1, -0.05) is 5.16 Å². The Morgan fingerprint density at radius 1 is 1.61 bits per heavy atom. The van der Waals surface area contributed by atoms with Crippen molar-refractivity contribution in [2.45, 2.75) is 6.92 Å². The minimum Gasteiger partial charge on any atom is -0.465 e. The van der Waals surface area contributed by atoms with Crippen molar-refractivity contribution in [1.29, 1.82) is 5.26 Å². The van der Waals surface area contributed by atoms with Crippen LogP contribution in [-0.4, -0.2) is 11.1 Å². The van der Waals surface area contributed by atoms with Crippen LogP contribution in [0.3, 0.4) is 0 Å². The van der Waals surface area contributed by atoms with Gasteiger partial charge in [-0.2, -0.15) is 5.26 Å². The number of rotatable bonds is 3. The monoisotopic (exact) mass is 243 g/mol. The van der Waals surface area contributed by atoms with Gasteiger partial charge in [0.05, 0.1) is 6.26 Å². The Labute approximate surface area is 102 Å². The maximum Gasteiger partial charge on any atom is 0.267 e. The van der Waals surface area contributed by atoms with Crippen molar-refractivity contribution in [3.05, 3.63) is 41.6 Å². The van der Waals surface area contributed by atoms with Gasteiger partial charge >= 0.3 is 0 Å². The van der Waals surface area contributed by atoms with E-state index >= 15 is 0 Å². The molecule has 0 bridgehead atoms. The Morgan fingerprint density at radius 3 is 3.00 bits per heavy atom. The van der Waals surface area contributed by atoms with Gasteiger partial charge in [-0.05, 0) is 19.1 Å². The molecule has 6 heteroatoms. The molecule has 6 nitrogen and oxygen atoms in total. The van der Waals surface area contributed by atoms with Crippen molar-refractivity contribution in [3.8, 4) is 6.07 Å². The zero-order chi connectivity index (χ0) is 13.0. The topological polar surface area (TPSA) is 92.1 Å². The third kappa shape index (κ3) is 2.65. The summed E-state index contributed by atoms with van der Waals surface area (Å²) in [6, 6.07) is 6.66. The number of anilines is 1. The average Bonchev–Trinajstić information content (AvgIpc) is 2.97. The molecular weight excluding hydrogens is 234 g/mol. The van der Waals surface area contributed by atoms with Crippen LogP contribution < -0.4 is 5.32 Å². The number of hydrogen-bond donors (Lipinski definition) is 1. The zero-order valence-electron chi connectivity index (χ0n) is 9.51. The summed E-state index contributed by atoms with van der Waals surface area (Å²) in [7, 11) is 0. The number of nitriles is 1. The molecule has 90 valence electrons. The number of carbonyl (C=O) groups is 1. The molecule has 0 atom stereocenters. The summed E-state index contributed by atoms with van der Waals surface area (Å²) in [5, 5.41) is 15.0. The van der Waals surface area contributed by atoms with Crippen molar-refractivity contribution < 1.29 is 13.7 Å². The molecule has 0 aliphatic heterocycles. The normalized spacial score (nSPS) is 11.0. The summed E-state index contributed by atoms with van der Waals surface area (Å²) >= 11 is 0. The first-order valence-corrected chi connectivity index (χ1v) is 5.09. The quantitative estimate of drug-likeness (QED) is 0.658.